The molecule has 76 valence electrons. The van der Waals surface area contributed by atoms with Crippen LogP contribution < -0.4 is 11.5 Å². The van der Waals surface area contributed by atoms with Crippen LogP contribution in [0.3, 0.4) is 0 Å². The summed E-state index contributed by atoms with van der Waals surface area (Å²) in [4.78, 5) is 20.5. The van der Waals surface area contributed by atoms with Crippen LogP contribution in [0.1, 0.15) is 19.3 Å². The lowest BCUT2D eigenvalue weighted by molar-refractivity contribution is -0.139. The van der Waals surface area contributed by atoms with Gasteiger partial charge in [0.05, 0.1) is 0 Å². The van der Waals surface area contributed by atoms with E-state index in [1.54, 1.807) is 0 Å². The van der Waals surface area contributed by atoms with Crippen LogP contribution in [0.15, 0.2) is 0 Å². The summed E-state index contributed by atoms with van der Waals surface area (Å²) >= 11 is 0. The fraction of sp³-hybridized carbons (Fsp3) is 0.714. The van der Waals surface area contributed by atoms with Gasteiger partial charge in [-0.1, -0.05) is 0 Å². The zero-order valence-electron chi connectivity index (χ0n) is 7.14. The summed E-state index contributed by atoms with van der Waals surface area (Å²) in [6.45, 7) is 0. The fourth-order valence-corrected chi connectivity index (χ4v) is 0.805. The molecule has 0 heterocycles. The Balaban J connectivity index is 3.56. The SMILES string of the molecule is [15NH2][C@@H](CCC[C@H]([15NH2])C(=O)O)C(=O)O. The first-order chi connectivity index (χ1) is 5.95. The zero-order valence-corrected chi connectivity index (χ0v) is 7.14. The monoisotopic (exact) mass is 192 g/mol. The quantitative estimate of drug-likeness (QED) is 0.399. The second-order valence-electron chi connectivity index (χ2n) is 2.82. The summed E-state index contributed by atoms with van der Waals surface area (Å²) in [5.41, 5.74) is 10.4. The number of nitrogens with two attached hydrogens (primary N) is 2. The lowest BCUT2D eigenvalue weighted by atomic mass is 10.1. The molecule has 2 atom stereocenters. The molecule has 0 radical (unpaired) electrons. The standard InChI is InChI=1S/C7H14N2O4/c8-4(6(10)11)2-1-3-5(9)7(12)13/h4-5H,1-3,8-9H2,(H,10,11)(H,12,13)/t4-,5-/m0/s1/i8+1,9+1. The molecule has 6 nitrogen and oxygen atoms in total. The van der Waals surface area contributed by atoms with Gasteiger partial charge in [0, 0.05) is 0 Å². The summed E-state index contributed by atoms with van der Waals surface area (Å²) in [7, 11) is 0. The molecular weight excluding hydrogens is 178 g/mol. The maximum Gasteiger partial charge on any atom is 0.320 e. The highest BCUT2D eigenvalue weighted by Crippen LogP contribution is 2.01. The highest BCUT2D eigenvalue weighted by Gasteiger charge is 2.14. The second kappa shape index (κ2) is 5.50. The number of carboxylic acid groups (broad SMARTS) is 2. The normalized spacial score (nSPS) is 14.9. The maximum absolute atomic E-state index is 10.2. The van der Waals surface area contributed by atoms with Gasteiger partial charge in [-0.2, -0.15) is 0 Å². The minimum atomic E-state index is -1.08. The average molecular weight is 192 g/mol. The van der Waals surface area contributed by atoms with Gasteiger partial charge in [0.25, 0.3) is 0 Å². The summed E-state index contributed by atoms with van der Waals surface area (Å²) in [5.74, 6) is -2.16. The molecule has 0 aromatic rings. The van der Waals surface area contributed by atoms with Crippen LogP contribution in [0.4, 0.5) is 0 Å². The Morgan fingerprint density at radius 2 is 1.31 bits per heavy atom. The molecule has 0 aliphatic heterocycles. The van der Waals surface area contributed by atoms with Crippen LogP contribution in [0.5, 0.6) is 0 Å². The third kappa shape index (κ3) is 5.15. The molecule has 0 saturated heterocycles. The Hall–Kier alpha value is -1.14. The van der Waals surface area contributed by atoms with Gasteiger partial charge in [-0.05, 0) is 19.3 Å². The molecule has 0 aromatic heterocycles. The summed E-state index contributed by atoms with van der Waals surface area (Å²) in [5, 5.41) is 16.8. The van der Waals surface area contributed by atoms with Gasteiger partial charge in [-0.3, -0.25) is 9.59 Å². The van der Waals surface area contributed by atoms with Crippen molar-refractivity contribution in [3.8, 4) is 0 Å². The number of aliphatic carboxylic acids is 2. The summed E-state index contributed by atoms with van der Waals surface area (Å²) in [6.07, 6.45) is 0.896. The molecule has 0 saturated carbocycles. The van der Waals surface area contributed by atoms with Crippen LogP contribution in [0.2, 0.25) is 0 Å². The van der Waals surface area contributed by atoms with Crippen molar-refractivity contribution in [1.29, 1.82) is 0 Å². The first kappa shape index (κ1) is 11.9. The number of hydrogen-bond donors (Lipinski definition) is 4. The van der Waals surface area contributed by atoms with E-state index in [9.17, 15) is 9.59 Å². The first-order valence-electron chi connectivity index (χ1n) is 3.92. The number of hydrogen-bond acceptors (Lipinski definition) is 4. The van der Waals surface area contributed by atoms with Crippen molar-refractivity contribution in [1.82, 2.24) is 0 Å². The highest BCUT2D eigenvalue weighted by atomic mass is 16.4. The van der Waals surface area contributed by atoms with E-state index >= 15 is 0 Å². The molecule has 0 unspecified atom stereocenters. The Labute approximate surface area is 75.5 Å². The molecule has 0 aliphatic carbocycles. The molecule has 0 bridgehead atoms. The number of rotatable bonds is 6. The van der Waals surface area contributed by atoms with Crippen molar-refractivity contribution in [3.63, 3.8) is 0 Å². The molecule has 0 rings (SSSR count). The fourth-order valence-electron chi connectivity index (χ4n) is 0.805. The van der Waals surface area contributed by atoms with Gasteiger partial charge in [0.15, 0.2) is 0 Å². The van der Waals surface area contributed by atoms with Crippen LogP contribution in [-0.2, 0) is 9.59 Å². The molecule has 6 heteroatoms. The van der Waals surface area contributed by atoms with Gasteiger partial charge in [-0.25, -0.2) is 0 Å². The third-order valence-corrected chi connectivity index (χ3v) is 1.66. The summed E-state index contributed by atoms with van der Waals surface area (Å²) in [6, 6.07) is -1.86. The molecule has 0 amide bonds. The van der Waals surface area contributed by atoms with Crippen molar-refractivity contribution in [3.05, 3.63) is 0 Å². The van der Waals surface area contributed by atoms with Crippen molar-refractivity contribution in [2.24, 2.45) is 11.5 Å². The van der Waals surface area contributed by atoms with E-state index < -0.39 is 24.0 Å². The lowest BCUT2D eigenvalue weighted by Gasteiger charge is -2.07. The minimum absolute atomic E-state index is 0.246. The van der Waals surface area contributed by atoms with Crippen LogP contribution >= 0.6 is 0 Å². The van der Waals surface area contributed by atoms with E-state index in [0.717, 1.165) is 0 Å². The largest absolute Gasteiger partial charge is 0.480 e. The van der Waals surface area contributed by atoms with Crippen LogP contribution in [0, 0.1) is 0 Å². The summed E-state index contributed by atoms with van der Waals surface area (Å²) < 4.78 is 0. The Bertz CT molecular complexity index is 175. The lowest BCUT2D eigenvalue weighted by Crippen LogP contribution is -2.33. The molecule has 0 aliphatic rings. The van der Waals surface area contributed by atoms with Crippen LogP contribution in [-0.4, -0.2) is 34.2 Å². The van der Waals surface area contributed by atoms with Gasteiger partial charge < -0.3 is 21.7 Å². The van der Waals surface area contributed by atoms with Crippen molar-refractivity contribution in [2.75, 3.05) is 0 Å². The predicted molar refractivity (Wildman–Crippen MR) is 45.1 cm³/mol. The molecular formula is C7H14N2O4. The molecule has 0 fully saturated rings. The highest BCUT2D eigenvalue weighted by molar-refractivity contribution is 5.73. The molecule has 0 spiro atoms. The second-order valence-corrected chi connectivity index (χ2v) is 2.82. The van der Waals surface area contributed by atoms with E-state index in [1.807, 2.05) is 0 Å². The van der Waals surface area contributed by atoms with Crippen molar-refractivity contribution < 1.29 is 19.8 Å². The van der Waals surface area contributed by atoms with Crippen LogP contribution in [0.25, 0.3) is 0 Å². The Morgan fingerprint density at radius 3 is 1.54 bits per heavy atom. The maximum atomic E-state index is 10.2. The molecule has 0 aromatic carbocycles. The van der Waals surface area contributed by atoms with Crippen molar-refractivity contribution >= 4 is 11.9 Å². The molecule has 13 heavy (non-hydrogen) atoms. The predicted octanol–water partition coefficient (Wildman–Crippen LogP) is -1.02. The average Bonchev–Trinajstić information content (AvgIpc) is 2.03. The van der Waals surface area contributed by atoms with Gasteiger partial charge in [0.1, 0.15) is 12.1 Å². The van der Waals surface area contributed by atoms with Gasteiger partial charge in [-0.15, -0.1) is 0 Å². The number of carboxylic acids is 2. The number of carbonyl (C=O) groups is 2. The van der Waals surface area contributed by atoms with E-state index in [1.165, 1.54) is 0 Å². The molecule has 6 N–H and O–H groups in total. The topological polar surface area (TPSA) is 127 Å². The smallest absolute Gasteiger partial charge is 0.320 e. The van der Waals surface area contributed by atoms with Gasteiger partial charge in [0.2, 0.25) is 0 Å². The first-order valence-corrected chi connectivity index (χ1v) is 3.92. The third-order valence-electron chi connectivity index (χ3n) is 1.66. The van der Waals surface area contributed by atoms with E-state index in [-0.39, 0.29) is 12.8 Å². The van der Waals surface area contributed by atoms with E-state index in [0.29, 0.717) is 6.42 Å². The minimum Gasteiger partial charge on any atom is -0.480 e. The zero-order chi connectivity index (χ0) is 10.4. The van der Waals surface area contributed by atoms with Gasteiger partial charge >= 0.3 is 11.9 Å². The van der Waals surface area contributed by atoms with E-state index in [4.69, 9.17) is 21.7 Å². The Morgan fingerprint density at radius 1 is 1.00 bits per heavy atom. The van der Waals surface area contributed by atoms with E-state index in [2.05, 4.69) is 0 Å². The Kier molecular flexibility index (Phi) is 5.01. The van der Waals surface area contributed by atoms with Crippen molar-refractivity contribution in [2.45, 2.75) is 31.3 Å².